The number of aromatic amines is 1. The lowest BCUT2D eigenvalue weighted by atomic mass is 10.6. The van der Waals surface area contributed by atoms with Crippen LogP contribution in [0.25, 0.3) is 0 Å². The lowest BCUT2D eigenvalue weighted by Gasteiger charge is -2.04. The van der Waals surface area contributed by atoms with Crippen LogP contribution in [0.5, 0.6) is 0 Å². The Kier molecular flexibility index (Phi) is 3.34. The van der Waals surface area contributed by atoms with Crippen molar-refractivity contribution in [2.24, 2.45) is 0 Å². The van der Waals surface area contributed by atoms with E-state index < -0.39 is 0 Å². The van der Waals surface area contributed by atoms with Crippen molar-refractivity contribution in [1.82, 2.24) is 24.7 Å². The minimum absolute atomic E-state index is 0.184. The van der Waals surface area contributed by atoms with Crippen LogP contribution in [-0.4, -0.2) is 24.7 Å². The van der Waals surface area contributed by atoms with Crippen LogP contribution in [0.3, 0.4) is 0 Å². The third-order valence-corrected chi connectivity index (χ3v) is 3.34. The zero-order chi connectivity index (χ0) is 12.4. The summed E-state index contributed by atoms with van der Waals surface area (Å²) in [4.78, 5) is 19.1. The van der Waals surface area contributed by atoms with E-state index in [2.05, 4.69) is 20.2 Å². The molecule has 3 N–H and O–H groups in total. The highest BCUT2D eigenvalue weighted by atomic mass is 35.5. The molecule has 0 amide bonds. The van der Waals surface area contributed by atoms with Crippen molar-refractivity contribution in [3.63, 3.8) is 0 Å². The molecule has 2 heterocycles. The first-order valence-electron chi connectivity index (χ1n) is 4.72. The Morgan fingerprint density at radius 3 is 3.06 bits per heavy atom. The molecule has 0 atom stereocenters. The molecular formula is C8H9ClN6OS. The molecule has 9 heteroatoms. The topological polar surface area (TPSA) is 102 Å². The maximum absolute atomic E-state index is 11.4. The molecule has 0 aliphatic carbocycles. The first-order chi connectivity index (χ1) is 8.13. The van der Waals surface area contributed by atoms with Crippen LogP contribution in [0.4, 0.5) is 5.69 Å². The molecule has 90 valence electrons. The van der Waals surface area contributed by atoms with Gasteiger partial charge in [0.05, 0.1) is 0 Å². The van der Waals surface area contributed by atoms with Gasteiger partial charge in [0.15, 0.2) is 10.3 Å². The van der Waals surface area contributed by atoms with Crippen LogP contribution < -0.4 is 11.4 Å². The van der Waals surface area contributed by atoms with Crippen molar-refractivity contribution in [2.45, 2.75) is 23.7 Å². The summed E-state index contributed by atoms with van der Waals surface area (Å²) in [6, 6.07) is 0. The van der Waals surface area contributed by atoms with Gasteiger partial charge in [-0.25, -0.2) is 19.9 Å². The van der Waals surface area contributed by atoms with E-state index in [0.717, 1.165) is 11.8 Å². The number of rotatable bonds is 3. The summed E-state index contributed by atoms with van der Waals surface area (Å²) in [6.45, 7) is 2.35. The molecule has 2 rings (SSSR count). The van der Waals surface area contributed by atoms with Crippen LogP contribution in [0.2, 0.25) is 5.15 Å². The highest BCUT2D eigenvalue weighted by Gasteiger charge is 2.13. The molecule has 7 nitrogen and oxygen atoms in total. The third-order valence-electron chi connectivity index (χ3n) is 2.03. The molecule has 0 radical (unpaired) electrons. The Hall–Kier alpha value is -1.54. The largest absolute Gasteiger partial charge is 0.394 e. The molecule has 0 aliphatic rings. The lowest BCUT2D eigenvalue weighted by Crippen LogP contribution is -2.16. The van der Waals surface area contributed by atoms with Gasteiger partial charge in [0.25, 0.3) is 0 Å². The highest BCUT2D eigenvalue weighted by molar-refractivity contribution is 7.99. The van der Waals surface area contributed by atoms with Crippen LogP contribution in [0, 0.1) is 0 Å². The molecule has 0 bridgehead atoms. The van der Waals surface area contributed by atoms with Crippen molar-refractivity contribution < 1.29 is 0 Å². The number of hydrogen-bond donors (Lipinski definition) is 2. The van der Waals surface area contributed by atoms with Crippen LogP contribution in [0.15, 0.2) is 21.3 Å². The van der Waals surface area contributed by atoms with Crippen LogP contribution >= 0.6 is 23.4 Å². The number of hydrogen-bond acceptors (Lipinski definition) is 6. The molecule has 0 saturated heterocycles. The first kappa shape index (κ1) is 11.9. The Bertz CT molecular complexity index is 594. The van der Waals surface area contributed by atoms with Gasteiger partial charge in [-0.2, -0.15) is 0 Å². The lowest BCUT2D eigenvalue weighted by molar-refractivity contribution is 0.660. The van der Waals surface area contributed by atoms with E-state index in [4.69, 9.17) is 17.3 Å². The summed E-state index contributed by atoms with van der Waals surface area (Å²) in [5, 5.41) is 7.38. The number of H-pyrrole nitrogens is 1. The summed E-state index contributed by atoms with van der Waals surface area (Å²) in [6.07, 6.45) is 1.31. The van der Waals surface area contributed by atoms with Gasteiger partial charge < -0.3 is 5.73 Å². The SMILES string of the molecule is CCn1c(Sc2ncnc(Cl)c2N)n[nH]c1=O. The summed E-state index contributed by atoms with van der Waals surface area (Å²) >= 11 is 6.93. The van der Waals surface area contributed by atoms with Gasteiger partial charge in [-0.15, -0.1) is 5.10 Å². The van der Waals surface area contributed by atoms with E-state index in [9.17, 15) is 4.79 Å². The van der Waals surface area contributed by atoms with Gasteiger partial charge in [0, 0.05) is 6.54 Å². The van der Waals surface area contributed by atoms with Crippen LogP contribution in [-0.2, 0) is 6.54 Å². The van der Waals surface area contributed by atoms with Gasteiger partial charge >= 0.3 is 5.69 Å². The number of nitrogens with one attached hydrogen (secondary N) is 1. The molecule has 0 fully saturated rings. The molecule has 0 spiro atoms. The van der Waals surface area contributed by atoms with Crippen molar-refractivity contribution >= 4 is 29.1 Å². The molecule has 2 aromatic rings. The Balaban J connectivity index is 2.38. The zero-order valence-corrected chi connectivity index (χ0v) is 10.4. The number of nitrogen functional groups attached to an aromatic ring is 1. The number of anilines is 1. The monoisotopic (exact) mass is 272 g/mol. The summed E-state index contributed by atoms with van der Waals surface area (Å²) in [5.41, 5.74) is 5.73. The smallest absolute Gasteiger partial charge is 0.343 e. The molecule has 0 aromatic carbocycles. The summed E-state index contributed by atoms with van der Waals surface area (Å²) < 4.78 is 1.47. The van der Waals surface area contributed by atoms with E-state index >= 15 is 0 Å². The second-order valence-electron chi connectivity index (χ2n) is 3.04. The average Bonchev–Trinajstić information content (AvgIpc) is 2.66. The Morgan fingerprint density at radius 2 is 2.35 bits per heavy atom. The molecule has 0 saturated carbocycles. The summed E-state index contributed by atoms with van der Waals surface area (Å²) in [5.74, 6) is 0. The van der Waals surface area contributed by atoms with Crippen molar-refractivity contribution in [3.05, 3.63) is 22.0 Å². The van der Waals surface area contributed by atoms with E-state index in [1.165, 1.54) is 10.9 Å². The quantitative estimate of drug-likeness (QED) is 0.800. The number of nitrogens with zero attached hydrogens (tertiary/aromatic N) is 4. The zero-order valence-electron chi connectivity index (χ0n) is 8.85. The van der Waals surface area contributed by atoms with Crippen LogP contribution in [0.1, 0.15) is 6.92 Å². The fourth-order valence-electron chi connectivity index (χ4n) is 1.19. The molecule has 0 unspecified atom stereocenters. The van der Waals surface area contributed by atoms with Gasteiger partial charge in [0.1, 0.15) is 17.0 Å². The number of halogens is 1. The minimum Gasteiger partial charge on any atom is -0.394 e. The highest BCUT2D eigenvalue weighted by Crippen LogP contribution is 2.30. The first-order valence-corrected chi connectivity index (χ1v) is 5.92. The van der Waals surface area contributed by atoms with Crippen molar-refractivity contribution in [2.75, 3.05) is 5.73 Å². The van der Waals surface area contributed by atoms with E-state index in [0.29, 0.717) is 16.7 Å². The fourth-order valence-corrected chi connectivity index (χ4v) is 2.27. The average molecular weight is 273 g/mol. The third kappa shape index (κ3) is 2.27. The number of aromatic nitrogens is 5. The predicted octanol–water partition coefficient (Wildman–Crippen LogP) is 0.768. The molecule has 17 heavy (non-hydrogen) atoms. The van der Waals surface area contributed by atoms with E-state index in [-0.39, 0.29) is 16.5 Å². The molecule has 2 aromatic heterocycles. The van der Waals surface area contributed by atoms with Crippen molar-refractivity contribution in [3.8, 4) is 0 Å². The predicted molar refractivity (Wildman–Crippen MR) is 64.1 cm³/mol. The molecule has 0 aliphatic heterocycles. The maximum atomic E-state index is 11.4. The maximum Gasteiger partial charge on any atom is 0.343 e. The van der Waals surface area contributed by atoms with Gasteiger partial charge in [-0.1, -0.05) is 11.6 Å². The second kappa shape index (κ2) is 4.76. The fraction of sp³-hybridized carbons (Fsp3) is 0.250. The van der Waals surface area contributed by atoms with E-state index in [1.807, 2.05) is 6.92 Å². The Labute approximate surface area is 105 Å². The Morgan fingerprint density at radius 1 is 1.59 bits per heavy atom. The van der Waals surface area contributed by atoms with Gasteiger partial charge in [-0.3, -0.25) is 4.57 Å². The van der Waals surface area contributed by atoms with Gasteiger partial charge in [-0.05, 0) is 18.7 Å². The standard InChI is InChI=1S/C8H9ClN6OS/c1-2-15-7(16)13-14-8(15)17-6-4(10)5(9)11-3-12-6/h3H,2,10H2,1H3,(H,13,16). The molecular weight excluding hydrogens is 264 g/mol. The second-order valence-corrected chi connectivity index (χ2v) is 4.35. The van der Waals surface area contributed by atoms with Crippen molar-refractivity contribution in [1.29, 1.82) is 0 Å². The minimum atomic E-state index is -0.270. The van der Waals surface area contributed by atoms with Gasteiger partial charge in [0.2, 0.25) is 0 Å². The van der Waals surface area contributed by atoms with E-state index in [1.54, 1.807) is 0 Å². The summed E-state index contributed by atoms with van der Waals surface area (Å²) in [7, 11) is 0. The normalized spacial score (nSPS) is 10.7. The number of nitrogens with two attached hydrogens (primary N) is 1.